The molecule has 0 heterocycles. The first-order valence-electron chi connectivity index (χ1n) is 7.16. The number of halogens is 2. The summed E-state index contributed by atoms with van der Waals surface area (Å²) < 4.78 is 0. The summed E-state index contributed by atoms with van der Waals surface area (Å²) in [5.41, 5.74) is 3.64. The number of nitrogens with zero attached hydrogens (tertiary/aromatic N) is 1. The number of carbonyl (C=O) groups is 2. The average Bonchev–Trinajstić information content (AvgIpc) is 2.55. The van der Waals surface area contributed by atoms with E-state index in [1.165, 1.54) is 6.21 Å². The van der Waals surface area contributed by atoms with Gasteiger partial charge < -0.3 is 5.32 Å². The van der Waals surface area contributed by atoms with E-state index >= 15 is 0 Å². The van der Waals surface area contributed by atoms with Crippen LogP contribution in [0.3, 0.4) is 0 Å². The number of nitrogens with one attached hydrogen (secondary N) is 2. The smallest absolute Gasteiger partial charge is 0.240 e. The molecule has 0 fully saturated rings. The molecule has 0 unspecified atom stereocenters. The third-order valence-corrected chi connectivity index (χ3v) is 3.54. The highest BCUT2D eigenvalue weighted by Crippen LogP contribution is 2.20. The number of amides is 2. The van der Waals surface area contributed by atoms with E-state index in [0.717, 1.165) is 5.56 Å². The molecule has 0 saturated heterocycles. The first-order chi connectivity index (χ1) is 11.5. The van der Waals surface area contributed by atoms with Crippen LogP contribution in [-0.4, -0.2) is 18.0 Å². The molecule has 2 N–H and O–H groups in total. The van der Waals surface area contributed by atoms with Crippen LogP contribution in [-0.2, 0) is 9.59 Å². The molecule has 0 aliphatic heterocycles. The summed E-state index contributed by atoms with van der Waals surface area (Å²) in [5, 5.41) is 7.50. The molecule has 24 heavy (non-hydrogen) atoms. The Kier molecular flexibility index (Phi) is 6.78. The molecular weight excluding hydrogens is 349 g/mol. The number of rotatable bonds is 6. The van der Waals surface area contributed by atoms with Gasteiger partial charge in [0.1, 0.15) is 0 Å². The molecule has 2 aromatic rings. The van der Waals surface area contributed by atoms with Crippen LogP contribution in [0, 0.1) is 0 Å². The summed E-state index contributed by atoms with van der Waals surface area (Å²) in [6, 6.07) is 13.9. The van der Waals surface area contributed by atoms with Crippen molar-refractivity contribution in [3.8, 4) is 0 Å². The number of benzene rings is 2. The maximum atomic E-state index is 11.8. The molecule has 2 amide bonds. The summed E-state index contributed by atoms with van der Waals surface area (Å²) in [6.07, 6.45) is 1.53. The van der Waals surface area contributed by atoms with E-state index < -0.39 is 0 Å². The summed E-state index contributed by atoms with van der Waals surface area (Å²) in [4.78, 5) is 23.5. The molecule has 0 aromatic heterocycles. The highest BCUT2D eigenvalue weighted by Gasteiger charge is 2.08. The molecule has 2 aromatic carbocycles. The summed E-state index contributed by atoms with van der Waals surface area (Å²) in [6.45, 7) is 0. The van der Waals surface area contributed by atoms with Gasteiger partial charge in [0.15, 0.2) is 0 Å². The van der Waals surface area contributed by atoms with Gasteiger partial charge in [-0.1, -0.05) is 47.5 Å². The molecule has 0 atom stereocenters. The minimum atomic E-state index is -0.359. The molecule has 124 valence electrons. The first-order valence-corrected chi connectivity index (χ1v) is 7.92. The lowest BCUT2D eigenvalue weighted by molar-refractivity contribution is -0.124. The van der Waals surface area contributed by atoms with E-state index in [0.29, 0.717) is 15.7 Å². The molecule has 0 bridgehead atoms. The lowest BCUT2D eigenvalue weighted by Gasteiger charge is -2.06. The standard InChI is InChI=1S/C17H15Cl2N3O2/c18-13-5-3-4-12(10-13)11-20-22-17(24)9-8-16(23)21-15-7-2-1-6-14(15)19/h1-7,10-11H,8-9H2,(H,21,23)(H,22,24)/b20-11+. The van der Waals surface area contributed by atoms with Crippen LogP contribution in [0.5, 0.6) is 0 Å². The van der Waals surface area contributed by atoms with E-state index in [9.17, 15) is 9.59 Å². The maximum absolute atomic E-state index is 11.8. The molecule has 7 heteroatoms. The second-order valence-electron chi connectivity index (χ2n) is 4.88. The van der Waals surface area contributed by atoms with Crippen LogP contribution in [0.4, 0.5) is 5.69 Å². The SMILES string of the molecule is O=C(CCC(=O)Nc1ccccc1Cl)N/N=C/c1cccc(Cl)c1. The second-order valence-corrected chi connectivity index (χ2v) is 5.72. The molecule has 0 aliphatic rings. The Hall–Kier alpha value is -2.37. The number of para-hydroxylation sites is 1. The third kappa shape index (κ3) is 6.02. The van der Waals surface area contributed by atoms with Crippen LogP contribution in [0.1, 0.15) is 18.4 Å². The minimum Gasteiger partial charge on any atom is -0.325 e. The van der Waals surface area contributed by atoms with E-state index in [2.05, 4.69) is 15.8 Å². The van der Waals surface area contributed by atoms with Crippen molar-refractivity contribution in [2.24, 2.45) is 5.10 Å². The summed E-state index contributed by atoms with van der Waals surface area (Å²) in [5.74, 6) is -0.653. The number of hydrogen-bond acceptors (Lipinski definition) is 3. The third-order valence-electron chi connectivity index (χ3n) is 2.98. The molecule has 5 nitrogen and oxygen atoms in total. The largest absolute Gasteiger partial charge is 0.325 e. The van der Waals surface area contributed by atoms with Crippen LogP contribution in [0.25, 0.3) is 0 Å². The van der Waals surface area contributed by atoms with Crippen molar-refractivity contribution < 1.29 is 9.59 Å². The first kappa shape index (κ1) is 18.0. The highest BCUT2D eigenvalue weighted by molar-refractivity contribution is 6.33. The Morgan fingerprint density at radius 2 is 1.75 bits per heavy atom. The number of hydrazone groups is 1. The van der Waals surface area contributed by atoms with Gasteiger partial charge in [0, 0.05) is 17.9 Å². The highest BCUT2D eigenvalue weighted by atomic mass is 35.5. The average molecular weight is 364 g/mol. The maximum Gasteiger partial charge on any atom is 0.240 e. The Morgan fingerprint density at radius 1 is 1.00 bits per heavy atom. The zero-order chi connectivity index (χ0) is 17.4. The molecule has 0 saturated carbocycles. The van der Waals surface area contributed by atoms with Gasteiger partial charge in [0.25, 0.3) is 0 Å². The molecule has 2 rings (SSSR count). The fourth-order valence-corrected chi connectivity index (χ4v) is 2.21. The van der Waals surface area contributed by atoms with Gasteiger partial charge in [-0.2, -0.15) is 5.10 Å². The zero-order valence-electron chi connectivity index (χ0n) is 12.6. The van der Waals surface area contributed by atoms with Gasteiger partial charge in [-0.15, -0.1) is 0 Å². The van der Waals surface area contributed by atoms with E-state index in [1.807, 2.05) is 0 Å². The fraction of sp³-hybridized carbons (Fsp3) is 0.118. The van der Waals surface area contributed by atoms with Crippen molar-refractivity contribution in [2.45, 2.75) is 12.8 Å². The number of carbonyl (C=O) groups excluding carboxylic acids is 2. The molecular formula is C17H15Cl2N3O2. The number of hydrogen-bond donors (Lipinski definition) is 2. The van der Waals surface area contributed by atoms with Gasteiger partial charge in [-0.3, -0.25) is 9.59 Å². The summed E-state index contributed by atoms with van der Waals surface area (Å²) >= 11 is 11.8. The lowest BCUT2D eigenvalue weighted by atomic mass is 10.2. The van der Waals surface area contributed by atoms with Gasteiger partial charge in [0.2, 0.25) is 11.8 Å². The Bertz CT molecular complexity index is 763. The molecule has 0 spiro atoms. The Balaban J connectivity index is 1.75. The van der Waals surface area contributed by atoms with Crippen molar-refractivity contribution in [3.05, 3.63) is 64.1 Å². The van der Waals surface area contributed by atoms with Crippen LogP contribution < -0.4 is 10.7 Å². The van der Waals surface area contributed by atoms with Gasteiger partial charge in [-0.25, -0.2) is 5.43 Å². The Morgan fingerprint density at radius 3 is 2.50 bits per heavy atom. The van der Waals surface area contributed by atoms with E-state index in [4.69, 9.17) is 23.2 Å². The minimum absolute atomic E-state index is 0.0170. The van der Waals surface area contributed by atoms with Gasteiger partial charge in [-0.05, 0) is 29.8 Å². The van der Waals surface area contributed by atoms with Crippen LogP contribution >= 0.6 is 23.2 Å². The topological polar surface area (TPSA) is 70.6 Å². The van der Waals surface area contributed by atoms with Crippen molar-refractivity contribution in [1.82, 2.24) is 5.43 Å². The second kappa shape index (κ2) is 9.05. The zero-order valence-corrected chi connectivity index (χ0v) is 14.1. The van der Waals surface area contributed by atoms with Crippen molar-refractivity contribution in [3.63, 3.8) is 0 Å². The van der Waals surface area contributed by atoms with Crippen LogP contribution in [0.15, 0.2) is 53.6 Å². The predicted molar refractivity (Wildman–Crippen MR) is 96.5 cm³/mol. The quantitative estimate of drug-likeness (QED) is 0.604. The van der Waals surface area contributed by atoms with Crippen molar-refractivity contribution in [2.75, 3.05) is 5.32 Å². The van der Waals surface area contributed by atoms with Gasteiger partial charge >= 0.3 is 0 Å². The van der Waals surface area contributed by atoms with Crippen LogP contribution in [0.2, 0.25) is 10.0 Å². The van der Waals surface area contributed by atoms with Gasteiger partial charge in [0.05, 0.1) is 16.9 Å². The lowest BCUT2D eigenvalue weighted by Crippen LogP contribution is -2.20. The monoisotopic (exact) mass is 363 g/mol. The number of anilines is 1. The van der Waals surface area contributed by atoms with Crippen molar-refractivity contribution >= 4 is 46.9 Å². The van der Waals surface area contributed by atoms with E-state index in [-0.39, 0.29) is 24.7 Å². The predicted octanol–water partition coefficient (Wildman–Crippen LogP) is 3.86. The van der Waals surface area contributed by atoms with E-state index in [1.54, 1.807) is 48.5 Å². The molecule has 0 radical (unpaired) electrons. The fourth-order valence-electron chi connectivity index (χ4n) is 1.82. The van der Waals surface area contributed by atoms with Crippen molar-refractivity contribution in [1.29, 1.82) is 0 Å². The molecule has 0 aliphatic carbocycles. The summed E-state index contributed by atoms with van der Waals surface area (Å²) in [7, 11) is 0. The normalized spacial score (nSPS) is 10.6. The Labute approximate surface area is 149 Å².